The summed E-state index contributed by atoms with van der Waals surface area (Å²) >= 11 is 0.282. The van der Waals surface area contributed by atoms with Gasteiger partial charge in [-0.25, -0.2) is 0 Å². The van der Waals surface area contributed by atoms with Gasteiger partial charge >= 0.3 is 11.9 Å². The quantitative estimate of drug-likeness (QED) is 0.749. The molecule has 0 unspecified atom stereocenters. The highest BCUT2D eigenvalue weighted by molar-refractivity contribution is 8.26. The van der Waals surface area contributed by atoms with E-state index in [1.165, 1.54) is 0 Å². The summed E-state index contributed by atoms with van der Waals surface area (Å²) in [5.74, 6) is -2.44. The predicted molar refractivity (Wildman–Crippen MR) is 65.4 cm³/mol. The van der Waals surface area contributed by atoms with Crippen LogP contribution in [-0.2, 0) is 19.2 Å². The predicted octanol–water partition coefficient (Wildman–Crippen LogP) is 1.28. The van der Waals surface area contributed by atoms with Crippen LogP contribution in [0.1, 0.15) is 38.5 Å². The Morgan fingerprint density at radius 2 is 1.05 bits per heavy atom. The number of carboxylic acids is 2. The molecule has 0 radical (unpaired) electrons. The van der Waals surface area contributed by atoms with Crippen molar-refractivity contribution in [1.82, 2.24) is 0 Å². The first-order valence-electron chi connectivity index (χ1n) is 6.09. The molecular weight excluding hydrogens is 272 g/mol. The molecule has 0 saturated heterocycles. The Kier molecular flexibility index (Phi) is 3.42. The van der Waals surface area contributed by atoms with Crippen molar-refractivity contribution in [2.24, 2.45) is 10.8 Å². The van der Waals surface area contributed by atoms with E-state index < -0.39 is 33.0 Å². The third-order valence-electron chi connectivity index (χ3n) is 4.20. The molecule has 104 valence electrons. The Bertz CT molecular complexity index is 419. The van der Waals surface area contributed by atoms with Crippen LogP contribution in [0.2, 0.25) is 0 Å². The molecule has 2 N–H and O–H groups in total. The molecule has 0 aromatic heterocycles. The fourth-order valence-electron chi connectivity index (χ4n) is 2.35. The second-order valence-electron chi connectivity index (χ2n) is 5.16. The third-order valence-corrected chi connectivity index (χ3v) is 5.35. The third kappa shape index (κ3) is 1.96. The van der Waals surface area contributed by atoms with Gasteiger partial charge < -0.3 is 10.2 Å². The van der Waals surface area contributed by atoms with Crippen LogP contribution in [0.3, 0.4) is 0 Å². The smallest absolute Gasteiger partial charge is 0.318 e. The summed E-state index contributed by atoms with van der Waals surface area (Å²) < 4.78 is 0. The first kappa shape index (κ1) is 14.0. The van der Waals surface area contributed by atoms with Gasteiger partial charge in [-0.1, -0.05) is 12.8 Å². The number of aliphatic carboxylic acids is 2. The molecule has 0 spiro atoms. The van der Waals surface area contributed by atoms with Crippen molar-refractivity contribution in [2.75, 3.05) is 0 Å². The van der Waals surface area contributed by atoms with Crippen LogP contribution < -0.4 is 0 Å². The lowest BCUT2D eigenvalue weighted by Gasteiger charge is -2.38. The van der Waals surface area contributed by atoms with Crippen LogP contribution in [0.25, 0.3) is 0 Å². The minimum atomic E-state index is -1.48. The monoisotopic (exact) mass is 286 g/mol. The number of carboxylic acid groups (broad SMARTS) is 2. The molecule has 2 fully saturated rings. The fraction of sp³-hybridized carbons (Fsp3) is 0.667. The number of thioether (sulfide) groups is 1. The molecule has 0 amide bonds. The number of hydrogen-bond acceptors (Lipinski definition) is 5. The summed E-state index contributed by atoms with van der Waals surface area (Å²) in [7, 11) is 0. The van der Waals surface area contributed by atoms with Gasteiger partial charge in [0.2, 0.25) is 10.2 Å². The lowest BCUT2D eigenvalue weighted by Crippen LogP contribution is -2.48. The maximum Gasteiger partial charge on any atom is 0.318 e. The Labute approximate surface area is 113 Å². The minimum Gasteiger partial charge on any atom is -0.480 e. The molecule has 0 bridgehead atoms. The van der Waals surface area contributed by atoms with Gasteiger partial charge in [0.15, 0.2) is 0 Å². The summed E-state index contributed by atoms with van der Waals surface area (Å²) in [5, 5.41) is 16.7. The van der Waals surface area contributed by atoms with E-state index in [1.54, 1.807) is 0 Å². The zero-order valence-electron chi connectivity index (χ0n) is 10.2. The molecular formula is C12H14O6S. The topological polar surface area (TPSA) is 109 Å². The van der Waals surface area contributed by atoms with E-state index in [0.29, 0.717) is 12.8 Å². The number of hydrogen-bond donors (Lipinski definition) is 2. The van der Waals surface area contributed by atoms with E-state index in [0.717, 1.165) is 0 Å². The summed E-state index contributed by atoms with van der Waals surface area (Å²) in [5.41, 5.74) is -2.96. The minimum absolute atomic E-state index is 0.224. The molecule has 2 aliphatic carbocycles. The highest BCUT2D eigenvalue weighted by Gasteiger charge is 2.56. The van der Waals surface area contributed by atoms with Gasteiger partial charge in [0, 0.05) is 0 Å². The van der Waals surface area contributed by atoms with Crippen LogP contribution in [0.5, 0.6) is 0 Å². The van der Waals surface area contributed by atoms with Gasteiger partial charge in [-0.3, -0.25) is 19.2 Å². The van der Waals surface area contributed by atoms with Crippen LogP contribution >= 0.6 is 11.8 Å². The molecule has 2 aliphatic rings. The zero-order valence-corrected chi connectivity index (χ0v) is 11.0. The molecule has 6 nitrogen and oxygen atoms in total. The van der Waals surface area contributed by atoms with E-state index in [1.807, 2.05) is 0 Å². The molecule has 0 atom stereocenters. The van der Waals surface area contributed by atoms with Gasteiger partial charge in [-0.05, 0) is 37.4 Å². The average molecular weight is 286 g/mol. The van der Waals surface area contributed by atoms with Crippen LogP contribution in [-0.4, -0.2) is 32.4 Å². The lowest BCUT2D eigenvalue weighted by molar-refractivity contribution is -0.158. The van der Waals surface area contributed by atoms with Gasteiger partial charge in [-0.15, -0.1) is 0 Å². The van der Waals surface area contributed by atoms with Crippen molar-refractivity contribution in [3.8, 4) is 0 Å². The van der Waals surface area contributed by atoms with Gasteiger partial charge in [0.25, 0.3) is 0 Å². The van der Waals surface area contributed by atoms with E-state index in [2.05, 4.69) is 0 Å². The van der Waals surface area contributed by atoms with E-state index in [9.17, 15) is 19.2 Å². The van der Waals surface area contributed by atoms with Crippen LogP contribution in [0.15, 0.2) is 0 Å². The largest absolute Gasteiger partial charge is 0.480 e. The molecule has 0 aromatic carbocycles. The Hall–Kier alpha value is -1.37. The van der Waals surface area contributed by atoms with Gasteiger partial charge in [0.1, 0.15) is 10.8 Å². The van der Waals surface area contributed by atoms with Crippen molar-refractivity contribution in [2.45, 2.75) is 38.5 Å². The van der Waals surface area contributed by atoms with Crippen LogP contribution in [0.4, 0.5) is 0 Å². The van der Waals surface area contributed by atoms with E-state index >= 15 is 0 Å². The zero-order chi connectivity index (χ0) is 14.3. The second kappa shape index (κ2) is 4.63. The Morgan fingerprint density at radius 3 is 1.21 bits per heavy atom. The highest BCUT2D eigenvalue weighted by atomic mass is 32.2. The second-order valence-corrected chi connectivity index (χ2v) is 6.10. The van der Waals surface area contributed by atoms with Crippen molar-refractivity contribution in [3.63, 3.8) is 0 Å². The molecule has 7 heteroatoms. The van der Waals surface area contributed by atoms with E-state index in [-0.39, 0.29) is 37.4 Å². The molecule has 0 aromatic rings. The summed E-state index contributed by atoms with van der Waals surface area (Å²) in [4.78, 5) is 46.2. The number of carbonyl (C=O) groups excluding carboxylic acids is 2. The summed E-state index contributed by atoms with van der Waals surface area (Å²) in [6.07, 6.45) is 2.17. The van der Waals surface area contributed by atoms with Crippen molar-refractivity contribution in [3.05, 3.63) is 0 Å². The Morgan fingerprint density at radius 1 is 0.737 bits per heavy atom. The molecule has 2 saturated carbocycles. The maximum atomic E-state index is 12.0. The SMILES string of the molecule is O=C(O)C1(C(=O)SC(=O)C2(C(=O)O)CCC2)CCC1. The first-order chi connectivity index (χ1) is 8.85. The molecule has 2 rings (SSSR count). The van der Waals surface area contributed by atoms with Crippen molar-refractivity contribution < 1.29 is 29.4 Å². The normalized spacial score (nSPS) is 22.7. The molecule has 19 heavy (non-hydrogen) atoms. The maximum absolute atomic E-state index is 12.0. The average Bonchev–Trinajstić information content (AvgIpc) is 2.10. The number of rotatable bonds is 4. The van der Waals surface area contributed by atoms with Gasteiger partial charge in [-0.2, -0.15) is 0 Å². The Balaban J connectivity index is 2.09. The summed E-state index contributed by atoms with van der Waals surface area (Å²) in [6, 6.07) is 0. The molecule has 0 aliphatic heterocycles. The summed E-state index contributed by atoms with van der Waals surface area (Å²) in [6.45, 7) is 0. The standard InChI is InChI=1S/C12H14O6S/c13-7(14)11(3-1-4-11)9(17)19-10(18)12(8(15)16)5-2-6-12/h1-6H2,(H,13,14)(H,15,16). The lowest BCUT2D eigenvalue weighted by atomic mass is 9.69. The first-order valence-corrected chi connectivity index (χ1v) is 6.90. The number of carbonyl (C=O) groups is 4. The van der Waals surface area contributed by atoms with Crippen molar-refractivity contribution in [1.29, 1.82) is 0 Å². The fourth-order valence-corrected chi connectivity index (χ4v) is 3.49. The van der Waals surface area contributed by atoms with Gasteiger partial charge in [0.05, 0.1) is 0 Å². The highest BCUT2D eigenvalue weighted by Crippen LogP contribution is 2.49. The van der Waals surface area contributed by atoms with Crippen molar-refractivity contribution >= 4 is 33.9 Å². The van der Waals surface area contributed by atoms with E-state index in [4.69, 9.17) is 10.2 Å². The molecule has 0 heterocycles. The van der Waals surface area contributed by atoms with Crippen LogP contribution in [0, 0.1) is 10.8 Å².